The Morgan fingerprint density at radius 2 is 1.56 bits per heavy atom. The van der Waals surface area contributed by atoms with Gasteiger partial charge in [0.25, 0.3) is 0 Å². The van der Waals surface area contributed by atoms with Crippen molar-refractivity contribution in [3.05, 3.63) is 29.3 Å². The van der Waals surface area contributed by atoms with Crippen LogP contribution in [0.3, 0.4) is 0 Å². The third-order valence-corrected chi connectivity index (χ3v) is 6.16. The van der Waals surface area contributed by atoms with E-state index in [2.05, 4.69) is 38.3 Å². The maximum Gasteiger partial charge on any atom is 0.00721 e. The minimum atomic E-state index is 0.772. The molecule has 4 atom stereocenters. The Kier molecular flexibility index (Phi) is 3.44. The average molecular weight is 260 g/mol. The maximum atomic E-state index is 2.47. The van der Waals surface area contributed by atoms with Gasteiger partial charge in [0.05, 0.1) is 0 Å². The summed E-state index contributed by atoms with van der Waals surface area (Å²) in [5.41, 5.74) is 3.29. The first-order valence-corrected chi connectivity index (χ1v) is 8.62. The highest BCUT2D eigenvalue weighted by Gasteiger charge is 2.39. The van der Waals surface area contributed by atoms with Crippen molar-refractivity contribution in [3.63, 3.8) is 0 Å². The van der Waals surface area contributed by atoms with Crippen molar-refractivity contribution in [2.75, 3.05) is 6.26 Å². The molecule has 0 nitrogen and oxygen atoms in total. The van der Waals surface area contributed by atoms with Crippen molar-refractivity contribution in [1.29, 1.82) is 0 Å². The Balaban J connectivity index is 2.04. The average Bonchev–Trinajstić information content (AvgIpc) is 2.44. The highest BCUT2D eigenvalue weighted by molar-refractivity contribution is 7.98. The monoisotopic (exact) mass is 260 g/mol. The van der Waals surface area contributed by atoms with E-state index in [-0.39, 0.29) is 0 Å². The molecule has 0 bridgehead atoms. The van der Waals surface area contributed by atoms with Gasteiger partial charge in [0.1, 0.15) is 0 Å². The second kappa shape index (κ2) is 4.92. The molecule has 1 saturated carbocycles. The third-order valence-electron chi connectivity index (χ3n) is 5.43. The van der Waals surface area contributed by atoms with E-state index >= 15 is 0 Å². The fraction of sp³-hybridized carbons (Fsp3) is 0.647. The van der Waals surface area contributed by atoms with Crippen LogP contribution in [0.4, 0.5) is 0 Å². The lowest BCUT2D eigenvalue weighted by Gasteiger charge is -2.45. The van der Waals surface area contributed by atoms with Crippen LogP contribution in [0, 0.1) is 11.8 Å². The van der Waals surface area contributed by atoms with E-state index in [0.717, 1.165) is 23.7 Å². The van der Waals surface area contributed by atoms with Crippen molar-refractivity contribution in [2.24, 2.45) is 11.8 Å². The fourth-order valence-corrected chi connectivity index (χ4v) is 4.83. The van der Waals surface area contributed by atoms with Gasteiger partial charge in [-0.2, -0.15) is 0 Å². The number of thioether (sulfide) groups is 1. The quantitative estimate of drug-likeness (QED) is 0.606. The molecule has 0 aromatic heterocycles. The molecular weight excluding hydrogens is 236 g/mol. The number of hydrogen-bond acceptors (Lipinski definition) is 1. The van der Waals surface area contributed by atoms with Crippen molar-refractivity contribution < 1.29 is 0 Å². The van der Waals surface area contributed by atoms with Gasteiger partial charge in [-0.1, -0.05) is 32.8 Å². The van der Waals surface area contributed by atoms with Gasteiger partial charge in [-0.3, -0.25) is 0 Å². The van der Waals surface area contributed by atoms with Crippen molar-refractivity contribution in [1.82, 2.24) is 0 Å². The first-order valence-electron chi connectivity index (χ1n) is 7.40. The highest BCUT2D eigenvalue weighted by Crippen LogP contribution is 2.52. The second-order valence-electron chi connectivity index (χ2n) is 6.18. The summed E-state index contributed by atoms with van der Waals surface area (Å²) in [6.07, 6.45) is 8.01. The fourth-order valence-electron chi connectivity index (χ4n) is 4.38. The number of hydrogen-bond donors (Lipinski definition) is 0. The molecule has 1 fully saturated rings. The molecule has 0 aliphatic heterocycles. The van der Waals surface area contributed by atoms with Gasteiger partial charge in [0, 0.05) is 4.90 Å². The zero-order valence-corrected chi connectivity index (χ0v) is 12.6. The summed E-state index contributed by atoms with van der Waals surface area (Å²) in [4.78, 5) is 1.43. The van der Waals surface area contributed by atoms with Gasteiger partial charge >= 0.3 is 0 Å². The van der Waals surface area contributed by atoms with E-state index in [1.165, 1.54) is 30.6 Å². The summed E-state index contributed by atoms with van der Waals surface area (Å²) in [7, 11) is 0. The summed E-state index contributed by atoms with van der Waals surface area (Å²) >= 11 is 1.87. The Labute approximate surface area is 116 Å². The zero-order valence-electron chi connectivity index (χ0n) is 11.8. The van der Waals surface area contributed by atoms with Crippen molar-refractivity contribution in [3.8, 4) is 0 Å². The van der Waals surface area contributed by atoms with Crippen molar-refractivity contribution in [2.45, 2.75) is 56.3 Å². The molecule has 0 radical (unpaired) electrons. The Bertz CT molecular complexity index is 437. The first kappa shape index (κ1) is 12.6. The van der Waals surface area contributed by atoms with E-state index in [9.17, 15) is 0 Å². The van der Waals surface area contributed by atoms with E-state index in [1.54, 1.807) is 11.1 Å². The molecule has 2 aliphatic carbocycles. The predicted molar refractivity (Wildman–Crippen MR) is 80.5 cm³/mol. The normalized spacial score (nSPS) is 34.8. The minimum absolute atomic E-state index is 0.772. The van der Waals surface area contributed by atoms with Crippen LogP contribution in [0.2, 0.25) is 0 Å². The molecule has 0 N–H and O–H groups in total. The van der Waals surface area contributed by atoms with Gasteiger partial charge in [-0.25, -0.2) is 0 Å². The smallest absolute Gasteiger partial charge is 0.00721 e. The number of benzene rings is 1. The molecule has 0 saturated heterocycles. The first-order chi connectivity index (χ1) is 8.72. The van der Waals surface area contributed by atoms with Crippen LogP contribution < -0.4 is 0 Å². The summed E-state index contributed by atoms with van der Waals surface area (Å²) in [5, 5.41) is 0. The summed E-state index contributed by atoms with van der Waals surface area (Å²) in [6, 6.07) is 7.19. The number of rotatable bonds is 1. The zero-order chi connectivity index (χ0) is 12.7. The number of fused-ring (bicyclic) bond motifs is 2. The Morgan fingerprint density at radius 1 is 0.944 bits per heavy atom. The molecule has 1 aromatic carbocycles. The Morgan fingerprint density at radius 3 is 2.17 bits per heavy atom. The molecule has 0 amide bonds. The van der Waals surface area contributed by atoms with Gasteiger partial charge in [0.2, 0.25) is 0 Å². The lowest BCUT2D eigenvalue weighted by Crippen LogP contribution is -2.33. The Hall–Kier alpha value is -0.430. The van der Waals surface area contributed by atoms with Crippen LogP contribution >= 0.6 is 11.8 Å². The van der Waals surface area contributed by atoms with Crippen LogP contribution in [0.5, 0.6) is 0 Å². The summed E-state index contributed by atoms with van der Waals surface area (Å²) < 4.78 is 0. The van der Waals surface area contributed by atoms with Gasteiger partial charge in [-0.15, -0.1) is 11.8 Å². The maximum absolute atomic E-state index is 2.47. The molecule has 0 spiro atoms. The second-order valence-corrected chi connectivity index (χ2v) is 7.06. The van der Waals surface area contributed by atoms with E-state index in [0.29, 0.717) is 0 Å². The van der Waals surface area contributed by atoms with Gasteiger partial charge in [0.15, 0.2) is 0 Å². The topological polar surface area (TPSA) is 0 Å². The highest BCUT2D eigenvalue weighted by atomic mass is 32.2. The van der Waals surface area contributed by atoms with Crippen LogP contribution in [0.1, 0.15) is 62.5 Å². The summed E-state index contributed by atoms with van der Waals surface area (Å²) in [5.74, 6) is 3.44. The van der Waals surface area contributed by atoms with E-state index < -0.39 is 0 Å². The molecule has 4 unspecified atom stereocenters. The molecule has 0 heterocycles. The van der Waals surface area contributed by atoms with E-state index in [1.807, 2.05) is 11.8 Å². The molecule has 3 rings (SSSR count). The minimum Gasteiger partial charge on any atom is -0.130 e. The third kappa shape index (κ3) is 1.91. The van der Waals surface area contributed by atoms with Crippen LogP contribution in [0.15, 0.2) is 23.1 Å². The van der Waals surface area contributed by atoms with Gasteiger partial charge in [-0.05, 0) is 66.0 Å². The van der Waals surface area contributed by atoms with Crippen LogP contribution in [0.25, 0.3) is 0 Å². The molecule has 1 aromatic rings. The molecular formula is C17H24S. The van der Waals surface area contributed by atoms with E-state index in [4.69, 9.17) is 0 Å². The lowest BCUT2D eigenvalue weighted by molar-refractivity contribution is 0.164. The molecule has 18 heavy (non-hydrogen) atoms. The molecule has 98 valence electrons. The van der Waals surface area contributed by atoms with Crippen molar-refractivity contribution >= 4 is 11.8 Å². The standard InChI is InChI=1S/C17H24S/c1-11-14-6-4-5-7-15(14)12(2)17-10-13(18-3)8-9-16(11)17/h8-12,14-15H,4-7H2,1-3H3. The largest absolute Gasteiger partial charge is 0.130 e. The van der Waals surface area contributed by atoms with Crippen LogP contribution in [-0.4, -0.2) is 6.26 Å². The predicted octanol–water partition coefficient (Wildman–Crippen LogP) is 5.44. The SMILES string of the molecule is CSc1ccc2c(c1)C(C)C1CCCCC1C2C. The molecule has 1 heteroatoms. The van der Waals surface area contributed by atoms with Gasteiger partial charge < -0.3 is 0 Å². The van der Waals surface area contributed by atoms with Crippen LogP contribution in [-0.2, 0) is 0 Å². The lowest BCUT2D eigenvalue weighted by atomic mass is 9.60. The summed E-state index contributed by atoms with van der Waals surface area (Å²) in [6.45, 7) is 4.93. The molecule has 2 aliphatic rings.